The molecular formula is C32H26O2. The number of hydrogen-bond acceptors (Lipinski definition) is 2. The van der Waals surface area contributed by atoms with Crippen molar-refractivity contribution in [3.63, 3.8) is 0 Å². The van der Waals surface area contributed by atoms with E-state index in [1.807, 2.05) is 36.4 Å². The predicted octanol–water partition coefficient (Wildman–Crippen LogP) is 7.46. The molecule has 5 aromatic carbocycles. The van der Waals surface area contributed by atoms with E-state index in [0.717, 1.165) is 11.1 Å². The summed E-state index contributed by atoms with van der Waals surface area (Å²) in [4.78, 5) is 0. The van der Waals surface area contributed by atoms with Gasteiger partial charge in [0.05, 0.1) is 0 Å². The van der Waals surface area contributed by atoms with Crippen LogP contribution in [0, 0.1) is 0 Å². The monoisotopic (exact) mass is 442 g/mol. The molecule has 0 heterocycles. The average molecular weight is 443 g/mol. The molecule has 0 fully saturated rings. The summed E-state index contributed by atoms with van der Waals surface area (Å²) < 4.78 is 0. The second-order valence-corrected chi connectivity index (χ2v) is 8.50. The smallest absolute Gasteiger partial charge is 0.115 e. The Morgan fingerprint density at radius 1 is 0.324 bits per heavy atom. The maximum Gasteiger partial charge on any atom is 0.115 e. The molecule has 166 valence electrons. The summed E-state index contributed by atoms with van der Waals surface area (Å²) in [5.41, 5.74) is 7.04. The van der Waals surface area contributed by atoms with Crippen molar-refractivity contribution in [2.75, 3.05) is 0 Å². The third-order valence-electron chi connectivity index (χ3n) is 6.34. The Kier molecular flexibility index (Phi) is 6.13. The molecule has 0 aliphatic heterocycles. The summed E-state index contributed by atoms with van der Waals surface area (Å²) in [6.45, 7) is 0. The number of rotatable bonds is 6. The van der Waals surface area contributed by atoms with Gasteiger partial charge >= 0.3 is 0 Å². The molecule has 34 heavy (non-hydrogen) atoms. The molecular weight excluding hydrogens is 416 g/mol. The number of phenolic OH excluding ortho intramolecular Hbond substituents is 2. The van der Waals surface area contributed by atoms with Crippen LogP contribution in [0.4, 0.5) is 0 Å². The highest BCUT2D eigenvalue weighted by Crippen LogP contribution is 2.41. The standard InChI is InChI=1S/C32H26O2/c33-27-19-15-25(16-20-27)31(23-9-3-1-4-10-23)29-13-7-8-14-30(29)32(24-11-5-2-6-12-24)26-17-21-28(34)22-18-26/h1-22,31-34H. The Morgan fingerprint density at radius 3 is 0.971 bits per heavy atom. The highest BCUT2D eigenvalue weighted by molar-refractivity contribution is 5.53. The van der Waals surface area contributed by atoms with Crippen LogP contribution in [0.25, 0.3) is 0 Å². The molecule has 0 aliphatic rings. The maximum atomic E-state index is 9.92. The Morgan fingerprint density at radius 2 is 0.618 bits per heavy atom. The lowest BCUT2D eigenvalue weighted by molar-refractivity contribution is 0.474. The SMILES string of the molecule is Oc1ccc(C(c2ccccc2)c2ccccc2C(c2ccccc2)c2ccc(O)cc2)cc1. The summed E-state index contributed by atoms with van der Waals surface area (Å²) in [5, 5.41) is 19.8. The summed E-state index contributed by atoms with van der Waals surface area (Å²) in [6.07, 6.45) is 0. The van der Waals surface area contributed by atoms with Gasteiger partial charge in [-0.3, -0.25) is 0 Å². The fourth-order valence-electron chi connectivity index (χ4n) is 4.76. The third-order valence-corrected chi connectivity index (χ3v) is 6.34. The van der Waals surface area contributed by atoms with Crippen LogP contribution in [0.2, 0.25) is 0 Å². The van der Waals surface area contributed by atoms with Gasteiger partial charge in [-0.25, -0.2) is 0 Å². The molecule has 2 unspecified atom stereocenters. The van der Waals surface area contributed by atoms with Crippen molar-refractivity contribution in [2.24, 2.45) is 0 Å². The van der Waals surface area contributed by atoms with E-state index in [9.17, 15) is 10.2 Å². The van der Waals surface area contributed by atoms with Crippen LogP contribution in [0.1, 0.15) is 45.2 Å². The number of phenols is 2. The number of hydrogen-bond donors (Lipinski definition) is 2. The van der Waals surface area contributed by atoms with E-state index in [-0.39, 0.29) is 23.3 Å². The first kappa shape index (κ1) is 21.5. The first-order valence-corrected chi connectivity index (χ1v) is 11.5. The van der Waals surface area contributed by atoms with E-state index < -0.39 is 0 Å². The van der Waals surface area contributed by atoms with Crippen LogP contribution >= 0.6 is 0 Å². The fourth-order valence-corrected chi connectivity index (χ4v) is 4.76. The van der Waals surface area contributed by atoms with Crippen molar-refractivity contribution in [1.29, 1.82) is 0 Å². The normalized spacial score (nSPS) is 12.7. The first-order valence-electron chi connectivity index (χ1n) is 11.5. The molecule has 0 aromatic heterocycles. The van der Waals surface area contributed by atoms with Crippen LogP contribution < -0.4 is 0 Å². The van der Waals surface area contributed by atoms with Gasteiger partial charge in [-0.2, -0.15) is 0 Å². The largest absolute Gasteiger partial charge is 0.508 e. The van der Waals surface area contributed by atoms with Crippen LogP contribution in [0.5, 0.6) is 11.5 Å². The van der Waals surface area contributed by atoms with E-state index in [0.29, 0.717) is 0 Å². The summed E-state index contributed by atoms with van der Waals surface area (Å²) in [6, 6.07) is 44.6. The molecule has 2 nitrogen and oxygen atoms in total. The third kappa shape index (κ3) is 4.44. The second kappa shape index (κ2) is 9.68. The minimum Gasteiger partial charge on any atom is -0.508 e. The Labute approximate surface area is 200 Å². The summed E-state index contributed by atoms with van der Waals surface area (Å²) >= 11 is 0. The number of benzene rings is 5. The van der Waals surface area contributed by atoms with Crippen molar-refractivity contribution >= 4 is 0 Å². The molecule has 5 aromatic rings. The molecule has 0 saturated carbocycles. The topological polar surface area (TPSA) is 40.5 Å². The highest BCUT2D eigenvalue weighted by Gasteiger charge is 2.25. The van der Waals surface area contributed by atoms with Crippen LogP contribution in [-0.4, -0.2) is 10.2 Å². The zero-order valence-electron chi connectivity index (χ0n) is 18.8. The van der Waals surface area contributed by atoms with E-state index in [2.05, 4.69) is 72.8 Å². The molecule has 0 saturated heterocycles. The lowest BCUT2D eigenvalue weighted by Gasteiger charge is -2.27. The van der Waals surface area contributed by atoms with Gasteiger partial charge in [-0.15, -0.1) is 0 Å². The molecule has 2 N–H and O–H groups in total. The van der Waals surface area contributed by atoms with E-state index >= 15 is 0 Å². The van der Waals surface area contributed by atoms with Gasteiger partial charge in [0.2, 0.25) is 0 Å². The van der Waals surface area contributed by atoms with Crippen molar-refractivity contribution < 1.29 is 10.2 Å². The fraction of sp³-hybridized carbons (Fsp3) is 0.0625. The molecule has 0 radical (unpaired) electrons. The van der Waals surface area contributed by atoms with Gasteiger partial charge in [0.25, 0.3) is 0 Å². The van der Waals surface area contributed by atoms with E-state index in [4.69, 9.17) is 0 Å². The quantitative estimate of drug-likeness (QED) is 0.268. The van der Waals surface area contributed by atoms with Gasteiger partial charge in [0.15, 0.2) is 0 Å². The van der Waals surface area contributed by atoms with Gasteiger partial charge in [-0.1, -0.05) is 109 Å². The maximum absolute atomic E-state index is 9.92. The molecule has 5 rings (SSSR count). The lowest BCUT2D eigenvalue weighted by atomic mass is 9.76. The van der Waals surface area contributed by atoms with Crippen LogP contribution in [0.15, 0.2) is 133 Å². The van der Waals surface area contributed by atoms with Crippen LogP contribution in [0.3, 0.4) is 0 Å². The Bertz CT molecular complexity index is 1230. The molecule has 0 bridgehead atoms. The second-order valence-electron chi connectivity index (χ2n) is 8.50. The molecule has 0 aliphatic carbocycles. The van der Waals surface area contributed by atoms with Crippen LogP contribution in [-0.2, 0) is 0 Å². The molecule has 0 amide bonds. The number of aromatic hydroxyl groups is 2. The predicted molar refractivity (Wildman–Crippen MR) is 137 cm³/mol. The van der Waals surface area contributed by atoms with Crippen molar-refractivity contribution in [3.05, 3.63) is 167 Å². The van der Waals surface area contributed by atoms with E-state index in [1.54, 1.807) is 24.3 Å². The first-order chi connectivity index (χ1) is 16.7. The van der Waals surface area contributed by atoms with Gasteiger partial charge in [-0.05, 0) is 57.6 Å². The van der Waals surface area contributed by atoms with Gasteiger partial charge in [0.1, 0.15) is 11.5 Å². The molecule has 2 atom stereocenters. The summed E-state index contributed by atoms with van der Waals surface area (Å²) in [5.74, 6) is 0.521. The van der Waals surface area contributed by atoms with Crippen molar-refractivity contribution in [2.45, 2.75) is 11.8 Å². The average Bonchev–Trinajstić information content (AvgIpc) is 2.89. The minimum atomic E-state index is 0.00123. The Hall–Kier alpha value is -4.30. The zero-order valence-corrected chi connectivity index (χ0v) is 18.8. The lowest BCUT2D eigenvalue weighted by Crippen LogP contribution is -2.11. The molecule has 2 heteroatoms. The van der Waals surface area contributed by atoms with Crippen molar-refractivity contribution in [1.82, 2.24) is 0 Å². The van der Waals surface area contributed by atoms with Gasteiger partial charge < -0.3 is 10.2 Å². The van der Waals surface area contributed by atoms with E-state index in [1.165, 1.54) is 22.3 Å². The summed E-state index contributed by atoms with van der Waals surface area (Å²) in [7, 11) is 0. The van der Waals surface area contributed by atoms with Gasteiger partial charge in [0, 0.05) is 11.8 Å². The minimum absolute atomic E-state index is 0.00123. The Balaban J connectivity index is 1.74. The van der Waals surface area contributed by atoms with Crippen molar-refractivity contribution in [3.8, 4) is 11.5 Å². The zero-order chi connectivity index (χ0) is 23.3. The molecule has 0 spiro atoms. The highest BCUT2D eigenvalue weighted by atomic mass is 16.3.